The van der Waals surface area contributed by atoms with Gasteiger partial charge in [-0.05, 0) is 54.7 Å². The van der Waals surface area contributed by atoms with E-state index in [1.807, 2.05) is 26.8 Å². The van der Waals surface area contributed by atoms with Crippen LogP contribution in [-0.2, 0) is 15.1 Å². The van der Waals surface area contributed by atoms with Gasteiger partial charge in [-0.2, -0.15) is 0 Å². The summed E-state index contributed by atoms with van der Waals surface area (Å²) in [6.07, 6.45) is 1.91. The van der Waals surface area contributed by atoms with E-state index in [9.17, 15) is 9.59 Å². The highest BCUT2D eigenvalue weighted by Crippen LogP contribution is 2.38. The summed E-state index contributed by atoms with van der Waals surface area (Å²) in [5.74, 6) is -0.464. The molecule has 230 valence electrons. The van der Waals surface area contributed by atoms with Crippen LogP contribution in [0.25, 0.3) is 11.3 Å². The summed E-state index contributed by atoms with van der Waals surface area (Å²) >= 11 is 6.52. The van der Waals surface area contributed by atoms with Crippen LogP contribution in [0.4, 0.5) is 9.18 Å². The van der Waals surface area contributed by atoms with Crippen LogP contribution in [0.5, 0.6) is 5.75 Å². The van der Waals surface area contributed by atoms with E-state index in [1.165, 1.54) is 18.1 Å². The Morgan fingerprint density at radius 1 is 1.14 bits per heavy atom. The fourth-order valence-corrected chi connectivity index (χ4v) is 5.24. The van der Waals surface area contributed by atoms with Crippen molar-refractivity contribution in [1.82, 2.24) is 20.1 Å². The summed E-state index contributed by atoms with van der Waals surface area (Å²) in [5, 5.41) is 12.6. The minimum atomic E-state index is -1.11. The van der Waals surface area contributed by atoms with Gasteiger partial charge in [0.2, 0.25) is 6.41 Å². The van der Waals surface area contributed by atoms with Crippen LogP contribution >= 0.6 is 11.6 Å². The van der Waals surface area contributed by atoms with Gasteiger partial charge in [0, 0.05) is 42.5 Å². The van der Waals surface area contributed by atoms with Crippen LogP contribution < -0.4 is 10.1 Å². The van der Waals surface area contributed by atoms with Gasteiger partial charge in [-0.25, -0.2) is 9.18 Å². The molecule has 0 saturated heterocycles. The van der Waals surface area contributed by atoms with E-state index in [4.69, 9.17) is 26.5 Å². The Morgan fingerprint density at radius 3 is 2.42 bits per heavy atom. The lowest BCUT2D eigenvalue weighted by Gasteiger charge is -2.40. The fraction of sp³-hybridized carbons (Fsp3) is 0.375. The van der Waals surface area contributed by atoms with Crippen molar-refractivity contribution in [2.24, 2.45) is 5.41 Å². The number of carbonyl (C=O) groups is 2. The molecule has 0 aliphatic carbocycles. The summed E-state index contributed by atoms with van der Waals surface area (Å²) in [7, 11) is 4.54. The zero-order chi connectivity index (χ0) is 31.9. The molecular formula is C32H39ClFN5O4. The molecule has 2 aromatic carbocycles. The number of amides is 2. The molecule has 0 radical (unpaired) electrons. The summed E-state index contributed by atoms with van der Waals surface area (Å²) in [6.45, 7) is 7.53. The summed E-state index contributed by atoms with van der Waals surface area (Å²) < 4.78 is 26.1. The van der Waals surface area contributed by atoms with Gasteiger partial charge in [-0.15, -0.1) is 0 Å². The number of guanidine groups is 1. The van der Waals surface area contributed by atoms with Crippen molar-refractivity contribution in [2.75, 3.05) is 27.8 Å². The molecule has 0 fully saturated rings. The molecule has 0 bridgehead atoms. The zero-order valence-corrected chi connectivity index (χ0v) is 26.3. The Hall–Kier alpha value is -4.18. The first kappa shape index (κ1) is 33.3. The van der Waals surface area contributed by atoms with Gasteiger partial charge in [0.15, 0.2) is 5.96 Å². The van der Waals surface area contributed by atoms with Gasteiger partial charge in [0.25, 0.3) is 0 Å². The molecule has 43 heavy (non-hydrogen) atoms. The molecule has 9 nitrogen and oxygen atoms in total. The maximum Gasteiger partial charge on any atom is 0.409 e. The molecule has 3 aromatic rings. The van der Waals surface area contributed by atoms with E-state index in [1.54, 1.807) is 69.7 Å². The third-order valence-corrected chi connectivity index (χ3v) is 7.13. The van der Waals surface area contributed by atoms with Crippen LogP contribution in [0.3, 0.4) is 0 Å². The molecule has 2 N–H and O–H groups in total. The molecular weight excluding hydrogens is 573 g/mol. The first-order valence-corrected chi connectivity index (χ1v) is 14.1. The maximum atomic E-state index is 15.4. The molecule has 0 aliphatic rings. The second-order valence-corrected chi connectivity index (χ2v) is 12.3. The highest BCUT2D eigenvalue weighted by Gasteiger charge is 2.37. The van der Waals surface area contributed by atoms with Gasteiger partial charge in [-0.1, -0.05) is 50.6 Å². The summed E-state index contributed by atoms with van der Waals surface area (Å²) in [5.41, 5.74) is 0.650. The van der Waals surface area contributed by atoms with E-state index in [2.05, 4.69) is 10.3 Å². The topological polar surface area (TPSA) is 108 Å². The average Bonchev–Trinajstić information content (AvgIpc) is 2.94. The van der Waals surface area contributed by atoms with Gasteiger partial charge < -0.3 is 19.7 Å². The Bertz CT molecular complexity index is 1450. The standard InChI is InChI=1S/C32H39ClFN5O4/c1-31(2,3)19-32(4,24-13-12-22(42-7)17-26(24)34)37-29(35)39(20-40)28(18-43-30(41)38(5)6)21-11-14-25(33)23(16-21)27-10-8-9-15-36-27/h8-17,20,28H,18-19H2,1-7H3,(H2,35,37)/t28-,32-/m1/s1. The summed E-state index contributed by atoms with van der Waals surface area (Å²) in [4.78, 5) is 31.9. The Labute approximate surface area is 257 Å². The molecule has 0 unspecified atom stereocenters. The number of ether oxygens (including phenoxy) is 2. The van der Waals surface area contributed by atoms with Gasteiger partial charge >= 0.3 is 6.09 Å². The van der Waals surface area contributed by atoms with Gasteiger partial charge in [0.05, 0.1) is 24.4 Å². The molecule has 2 atom stereocenters. The number of hydrogen-bond donors (Lipinski definition) is 2. The van der Waals surface area contributed by atoms with Crippen molar-refractivity contribution in [2.45, 2.75) is 45.7 Å². The molecule has 0 spiro atoms. The third kappa shape index (κ3) is 8.44. The van der Waals surface area contributed by atoms with Crippen molar-refractivity contribution in [3.8, 4) is 17.0 Å². The van der Waals surface area contributed by atoms with Crippen LogP contribution in [0, 0.1) is 16.6 Å². The molecule has 11 heteroatoms. The number of hydrogen-bond acceptors (Lipinski definition) is 6. The minimum absolute atomic E-state index is 0.268. The molecule has 3 rings (SSSR count). The van der Waals surface area contributed by atoms with Crippen molar-refractivity contribution in [3.63, 3.8) is 0 Å². The number of benzene rings is 2. The predicted molar refractivity (Wildman–Crippen MR) is 166 cm³/mol. The fourth-order valence-electron chi connectivity index (χ4n) is 5.03. The van der Waals surface area contributed by atoms with E-state index >= 15 is 4.39 Å². The lowest BCUT2D eigenvalue weighted by molar-refractivity contribution is -0.117. The molecule has 1 aromatic heterocycles. The number of halogens is 2. The lowest BCUT2D eigenvalue weighted by Crippen LogP contribution is -2.53. The Balaban J connectivity index is 2.07. The smallest absolute Gasteiger partial charge is 0.409 e. The van der Waals surface area contributed by atoms with E-state index in [0.717, 1.165) is 4.90 Å². The van der Waals surface area contributed by atoms with Crippen molar-refractivity contribution < 1.29 is 23.5 Å². The minimum Gasteiger partial charge on any atom is -0.497 e. The molecule has 0 saturated carbocycles. The van der Waals surface area contributed by atoms with Crippen LogP contribution in [0.15, 0.2) is 60.8 Å². The number of rotatable bonds is 10. The largest absolute Gasteiger partial charge is 0.497 e. The number of nitrogens with zero attached hydrogens (tertiary/aromatic N) is 3. The number of methoxy groups -OCH3 is 1. The average molecular weight is 612 g/mol. The third-order valence-electron chi connectivity index (χ3n) is 6.80. The van der Waals surface area contributed by atoms with Crippen molar-refractivity contribution >= 4 is 30.1 Å². The number of aromatic nitrogens is 1. The second kappa shape index (κ2) is 13.9. The monoisotopic (exact) mass is 611 g/mol. The normalized spacial score (nSPS) is 13.3. The number of carbonyl (C=O) groups excluding carboxylic acids is 2. The highest BCUT2D eigenvalue weighted by molar-refractivity contribution is 6.33. The van der Waals surface area contributed by atoms with Crippen LogP contribution in [0.2, 0.25) is 5.02 Å². The summed E-state index contributed by atoms with van der Waals surface area (Å²) in [6, 6.07) is 14.1. The maximum absolute atomic E-state index is 15.4. The zero-order valence-electron chi connectivity index (χ0n) is 25.6. The number of nitrogens with one attached hydrogen (secondary N) is 2. The van der Waals surface area contributed by atoms with Crippen LogP contribution in [-0.4, -0.2) is 61.1 Å². The van der Waals surface area contributed by atoms with Crippen LogP contribution in [0.1, 0.15) is 51.3 Å². The van der Waals surface area contributed by atoms with E-state index < -0.39 is 23.5 Å². The lowest BCUT2D eigenvalue weighted by atomic mass is 9.76. The van der Waals surface area contributed by atoms with E-state index in [-0.39, 0.29) is 18.0 Å². The predicted octanol–water partition coefficient (Wildman–Crippen LogP) is 6.62. The van der Waals surface area contributed by atoms with Gasteiger partial charge in [0.1, 0.15) is 18.2 Å². The first-order valence-electron chi connectivity index (χ1n) is 13.7. The Morgan fingerprint density at radius 2 is 1.86 bits per heavy atom. The molecule has 2 amide bonds. The SMILES string of the molecule is COc1ccc([C@@](C)(CC(C)(C)C)NC(=N)N(C=O)[C@H](COC(=O)N(C)C)c2ccc(Cl)c(-c3ccccn3)c2)c(F)c1. The number of pyridine rings is 1. The van der Waals surface area contributed by atoms with Crippen molar-refractivity contribution in [1.29, 1.82) is 5.41 Å². The molecule has 1 heterocycles. The van der Waals surface area contributed by atoms with Gasteiger partial charge in [-0.3, -0.25) is 20.1 Å². The Kier molecular flexibility index (Phi) is 10.7. The second-order valence-electron chi connectivity index (χ2n) is 11.8. The highest BCUT2D eigenvalue weighted by atomic mass is 35.5. The molecule has 0 aliphatic heterocycles. The van der Waals surface area contributed by atoms with Crippen molar-refractivity contribution in [3.05, 3.63) is 82.8 Å². The van der Waals surface area contributed by atoms with E-state index in [0.29, 0.717) is 46.0 Å². The quantitative estimate of drug-likeness (QED) is 0.151. The first-order chi connectivity index (χ1) is 20.2.